The molecule has 0 rings (SSSR count). The topological polar surface area (TPSA) is 203 Å². The summed E-state index contributed by atoms with van der Waals surface area (Å²) in [6.07, 6.45) is 17.0. The van der Waals surface area contributed by atoms with Gasteiger partial charge in [-0.15, -0.1) is 0 Å². The molecule has 0 spiro atoms. The SMILES string of the molecule is CC(C)(C)NC(=O)C(CCCCNC(=O)CCOCCOCCNC(=O)CCOCCOCCNC(=O)CCCCCCCCCCCCCCC(=O)O)NC(C)(C)C. The number of unbranched alkanes of at least 4 members (excludes halogenated alkanes) is 12. The second-order valence-corrected chi connectivity index (χ2v) is 17.3. The lowest BCUT2D eigenvalue weighted by molar-refractivity contribution is -0.137. The second kappa shape index (κ2) is 37.0. The fourth-order valence-electron chi connectivity index (χ4n) is 6.04. The number of carboxylic acids is 1. The van der Waals surface area contributed by atoms with E-state index in [9.17, 15) is 24.0 Å². The summed E-state index contributed by atoms with van der Waals surface area (Å²) in [6, 6.07) is -0.292. The van der Waals surface area contributed by atoms with Crippen molar-refractivity contribution in [3.63, 3.8) is 0 Å². The van der Waals surface area contributed by atoms with Crippen molar-refractivity contribution in [1.29, 1.82) is 0 Å². The summed E-state index contributed by atoms with van der Waals surface area (Å²) in [4.78, 5) is 59.4. The number of ether oxygens (including phenoxy) is 4. The van der Waals surface area contributed by atoms with E-state index in [-0.39, 0.29) is 66.6 Å². The van der Waals surface area contributed by atoms with Gasteiger partial charge in [-0.2, -0.15) is 0 Å². The highest BCUT2D eigenvalue weighted by atomic mass is 16.5. The molecule has 15 nitrogen and oxygen atoms in total. The lowest BCUT2D eigenvalue weighted by atomic mass is 10.0. The van der Waals surface area contributed by atoms with Crippen molar-refractivity contribution in [2.45, 2.75) is 181 Å². The van der Waals surface area contributed by atoms with E-state index >= 15 is 0 Å². The lowest BCUT2D eigenvalue weighted by Gasteiger charge is -2.31. The Morgan fingerprint density at radius 3 is 1.25 bits per heavy atom. The molecule has 0 heterocycles. The molecule has 0 bridgehead atoms. The lowest BCUT2D eigenvalue weighted by Crippen LogP contribution is -2.55. The number of carboxylic acid groups (broad SMARTS) is 1. The average molecular weight is 844 g/mol. The maximum atomic E-state index is 12.7. The van der Waals surface area contributed by atoms with Gasteiger partial charge in [0.2, 0.25) is 23.6 Å². The van der Waals surface area contributed by atoms with Gasteiger partial charge >= 0.3 is 5.97 Å². The van der Waals surface area contributed by atoms with E-state index in [4.69, 9.17) is 24.1 Å². The third-order valence-electron chi connectivity index (χ3n) is 9.04. The van der Waals surface area contributed by atoms with Crippen LogP contribution >= 0.6 is 0 Å². The Hall–Kier alpha value is -2.85. The predicted molar refractivity (Wildman–Crippen MR) is 232 cm³/mol. The van der Waals surface area contributed by atoms with Crippen molar-refractivity contribution in [3.05, 3.63) is 0 Å². The molecule has 0 aromatic rings. The maximum Gasteiger partial charge on any atom is 0.303 e. The number of carbonyl (C=O) groups is 5. The van der Waals surface area contributed by atoms with Crippen LogP contribution in [0.4, 0.5) is 0 Å². The van der Waals surface area contributed by atoms with Crippen LogP contribution in [0.25, 0.3) is 0 Å². The monoisotopic (exact) mass is 844 g/mol. The fourth-order valence-corrected chi connectivity index (χ4v) is 6.04. The van der Waals surface area contributed by atoms with E-state index in [0.29, 0.717) is 78.7 Å². The van der Waals surface area contributed by atoms with Crippen molar-refractivity contribution in [2.75, 3.05) is 72.5 Å². The molecule has 1 atom stereocenters. The summed E-state index contributed by atoms with van der Waals surface area (Å²) < 4.78 is 21.9. The summed E-state index contributed by atoms with van der Waals surface area (Å²) in [5, 5.41) is 23.7. The molecule has 6 N–H and O–H groups in total. The zero-order chi connectivity index (χ0) is 44.0. The van der Waals surface area contributed by atoms with Gasteiger partial charge in [-0.1, -0.05) is 64.2 Å². The summed E-state index contributed by atoms with van der Waals surface area (Å²) in [6.45, 7) is 16.3. The highest BCUT2D eigenvalue weighted by Crippen LogP contribution is 2.13. The van der Waals surface area contributed by atoms with E-state index in [1.165, 1.54) is 38.5 Å². The first-order chi connectivity index (χ1) is 28.1. The predicted octanol–water partition coefficient (Wildman–Crippen LogP) is 5.57. The molecule has 0 aliphatic rings. The van der Waals surface area contributed by atoms with Crippen LogP contribution in [-0.4, -0.2) is 124 Å². The van der Waals surface area contributed by atoms with E-state index in [1.807, 2.05) is 41.5 Å². The number of aliphatic carboxylic acids is 1. The summed E-state index contributed by atoms with van der Waals surface area (Å²) in [5.41, 5.74) is -0.486. The van der Waals surface area contributed by atoms with E-state index in [2.05, 4.69) is 26.6 Å². The molecule has 4 amide bonds. The van der Waals surface area contributed by atoms with Crippen LogP contribution in [0.15, 0.2) is 0 Å². The molecule has 1 unspecified atom stereocenters. The van der Waals surface area contributed by atoms with Crippen LogP contribution in [0, 0.1) is 0 Å². The average Bonchev–Trinajstić information content (AvgIpc) is 3.14. The zero-order valence-corrected chi connectivity index (χ0v) is 37.9. The Morgan fingerprint density at radius 2 is 0.831 bits per heavy atom. The van der Waals surface area contributed by atoms with Gasteiger partial charge in [0.25, 0.3) is 0 Å². The minimum atomic E-state index is -0.700. The zero-order valence-electron chi connectivity index (χ0n) is 37.9. The Balaban J connectivity index is 3.52. The van der Waals surface area contributed by atoms with Crippen LogP contribution in [0.2, 0.25) is 0 Å². The second-order valence-electron chi connectivity index (χ2n) is 17.3. The largest absolute Gasteiger partial charge is 0.481 e. The van der Waals surface area contributed by atoms with Crippen LogP contribution in [-0.2, 0) is 42.9 Å². The molecular weight excluding hydrogens is 759 g/mol. The van der Waals surface area contributed by atoms with E-state index in [0.717, 1.165) is 51.4 Å². The molecule has 0 aliphatic heterocycles. The Kier molecular flexibility index (Phi) is 35.2. The first-order valence-electron chi connectivity index (χ1n) is 22.5. The van der Waals surface area contributed by atoms with Crippen LogP contribution in [0.3, 0.4) is 0 Å². The quantitative estimate of drug-likeness (QED) is 0.0421. The van der Waals surface area contributed by atoms with Crippen LogP contribution < -0.4 is 26.6 Å². The number of hydrogen-bond donors (Lipinski definition) is 6. The van der Waals surface area contributed by atoms with Crippen molar-refractivity contribution >= 4 is 29.6 Å². The van der Waals surface area contributed by atoms with Crippen molar-refractivity contribution < 1.29 is 48.0 Å². The van der Waals surface area contributed by atoms with Crippen molar-refractivity contribution in [2.24, 2.45) is 0 Å². The smallest absolute Gasteiger partial charge is 0.303 e. The van der Waals surface area contributed by atoms with E-state index < -0.39 is 5.97 Å². The highest BCUT2D eigenvalue weighted by Gasteiger charge is 2.26. The fraction of sp³-hybridized carbons (Fsp3) is 0.886. The van der Waals surface area contributed by atoms with Crippen LogP contribution in [0.5, 0.6) is 0 Å². The van der Waals surface area contributed by atoms with Gasteiger partial charge in [0.1, 0.15) is 0 Å². The minimum Gasteiger partial charge on any atom is -0.481 e. The molecule has 0 radical (unpaired) electrons. The van der Waals surface area contributed by atoms with Crippen molar-refractivity contribution in [1.82, 2.24) is 26.6 Å². The third-order valence-corrected chi connectivity index (χ3v) is 9.04. The Bertz CT molecular complexity index is 1100. The summed E-state index contributed by atoms with van der Waals surface area (Å²) in [7, 11) is 0. The number of rotatable bonds is 40. The van der Waals surface area contributed by atoms with Gasteiger partial charge < -0.3 is 50.6 Å². The molecule has 59 heavy (non-hydrogen) atoms. The number of nitrogens with one attached hydrogen (secondary N) is 5. The van der Waals surface area contributed by atoms with Crippen LogP contribution in [0.1, 0.15) is 164 Å². The molecule has 0 aromatic heterocycles. The molecule has 0 aliphatic carbocycles. The first kappa shape index (κ1) is 56.1. The Labute approximate surface area is 356 Å². The minimum absolute atomic E-state index is 0.00778. The molecule has 346 valence electrons. The highest BCUT2D eigenvalue weighted by molar-refractivity contribution is 5.82. The first-order valence-corrected chi connectivity index (χ1v) is 22.5. The number of hydrogen-bond acceptors (Lipinski definition) is 10. The van der Waals surface area contributed by atoms with Gasteiger partial charge in [-0.3, -0.25) is 24.0 Å². The number of amides is 4. The Morgan fingerprint density at radius 1 is 0.441 bits per heavy atom. The summed E-state index contributed by atoms with van der Waals surface area (Å²) >= 11 is 0. The molecule has 0 fully saturated rings. The van der Waals surface area contributed by atoms with Crippen molar-refractivity contribution in [3.8, 4) is 0 Å². The molecule has 15 heteroatoms. The van der Waals surface area contributed by atoms with E-state index in [1.54, 1.807) is 0 Å². The van der Waals surface area contributed by atoms with Gasteiger partial charge in [0.15, 0.2) is 0 Å². The van der Waals surface area contributed by atoms with Gasteiger partial charge in [0, 0.05) is 56.4 Å². The van der Waals surface area contributed by atoms with Gasteiger partial charge in [-0.05, 0) is 73.6 Å². The molecule has 0 aromatic carbocycles. The third kappa shape index (κ3) is 43.1. The summed E-state index contributed by atoms with van der Waals surface area (Å²) in [5.74, 6) is -0.853. The maximum absolute atomic E-state index is 12.7. The molecular formula is C44H85N5O10. The number of carbonyl (C=O) groups excluding carboxylic acids is 4. The molecule has 0 saturated heterocycles. The molecule has 0 saturated carbocycles. The van der Waals surface area contributed by atoms with Gasteiger partial charge in [0.05, 0.1) is 58.9 Å². The normalized spacial score (nSPS) is 12.2. The standard InChI is InChI=1S/C44H85N5O10/c1-43(2,3)48-37(42(55)49-44(4,5)6)21-19-20-26-45-39(51)24-29-56-33-36-59-32-28-47-40(52)25-30-57-34-35-58-31-27-46-38(50)22-17-15-13-11-9-7-8-10-12-14-16-18-23-41(53)54/h37,48H,7-36H2,1-6H3,(H,45,51)(H,46,50)(H,47,52)(H,49,55)(H,53,54). The van der Waals surface area contributed by atoms with Gasteiger partial charge in [-0.25, -0.2) is 0 Å².